The Balaban J connectivity index is 0. The van der Waals surface area contributed by atoms with Gasteiger partial charge in [0.25, 0.3) is 5.91 Å². The lowest BCUT2D eigenvalue weighted by atomic mass is 10.3. The summed E-state index contributed by atoms with van der Waals surface area (Å²) >= 11 is 0. The minimum Gasteiger partial charge on any atom is -0.334 e. The number of rotatable bonds is 6. The van der Waals surface area contributed by atoms with Crippen LogP contribution in [0.25, 0.3) is 0 Å². The van der Waals surface area contributed by atoms with E-state index in [1.54, 1.807) is 0 Å². The van der Waals surface area contributed by atoms with Crippen molar-refractivity contribution in [3.8, 4) is 0 Å². The molecule has 0 aromatic heterocycles. The number of halogens is 1. The van der Waals surface area contributed by atoms with Gasteiger partial charge >= 0.3 is 0 Å². The molecule has 0 saturated heterocycles. The van der Waals surface area contributed by atoms with E-state index in [1.807, 2.05) is 6.92 Å². The van der Waals surface area contributed by atoms with Gasteiger partial charge in [-0.05, 0) is 13.5 Å². The van der Waals surface area contributed by atoms with Gasteiger partial charge in [0.1, 0.15) is 0 Å². The molecule has 0 amide bonds. The number of aliphatic imine (C=N–C) groups is 2. The molecular weight excluding hydrogens is 206 g/mol. The molecule has 0 bridgehead atoms. The second-order valence-corrected chi connectivity index (χ2v) is 2.35. The average molecular weight is 224 g/mol. The van der Waals surface area contributed by atoms with Crippen molar-refractivity contribution in [3.05, 3.63) is 0 Å². The lowest BCUT2D eigenvalue weighted by Gasteiger charge is -2.23. The van der Waals surface area contributed by atoms with Crippen molar-refractivity contribution in [2.24, 2.45) is 15.7 Å². The van der Waals surface area contributed by atoms with Crippen LogP contribution in [-0.4, -0.2) is 39.2 Å². The normalized spacial score (nSPS) is 10.0. The smallest absolute Gasteiger partial charge is 0.279 e. The first-order chi connectivity index (χ1) is 6.24. The fourth-order valence-corrected chi connectivity index (χ4v) is 0.799. The standard InChI is InChI=1S/C8H17N3O2.ClH/c1-4-10-7-11-8(12-2,13-3)5-6-9;/h4-6,9H2,1-3H3;1H. The maximum absolute atomic E-state index is 5.39. The van der Waals surface area contributed by atoms with E-state index in [2.05, 4.69) is 16.0 Å². The van der Waals surface area contributed by atoms with Gasteiger partial charge in [-0.15, -0.1) is 12.4 Å². The number of methoxy groups -OCH3 is 2. The van der Waals surface area contributed by atoms with E-state index in [0.29, 0.717) is 19.5 Å². The highest BCUT2D eigenvalue weighted by Gasteiger charge is 2.27. The number of hydrogen-bond donors (Lipinski definition) is 1. The number of hydrogen-bond acceptors (Lipinski definition) is 5. The second-order valence-electron chi connectivity index (χ2n) is 2.35. The first-order valence-corrected chi connectivity index (χ1v) is 4.18. The first kappa shape index (κ1) is 16.0. The summed E-state index contributed by atoms with van der Waals surface area (Å²) < 4.78 is 10.2. The van der Waals surface area contributed by atoms with Crippen LogP contribution in [0.2, 0.25) is 0 Å². The molecule has 0 rings (SSSR count). The third-order valence-electron chi connectivity index (χ3n) is 1.55. The van der Waals surface area contributed by atoms with Crippen molar-refractivity contribution in [1.82, 2.24) is 0 Å². The van der Waals surface area contributed by atoms with Crippen LogP contribution in [0.5, 0.6) is 0 Å². The molecule has 0 aliphatic heterocycles. The largest absolute Gasteiger partial charge is 0.334 e. The Kier molecular flexibility index (Phi) is 10.4. The van der Waals surface area contributed by atoms with E-state index in [1.165, 1.54) is 14.2 Å². The van der Waals surface area contributed by atoms with Crippen LogP contribution < -0.4 is 5.73 Å². The predicted molar refractivity (Wildman–Crippen MR) is 58.1 cm³/mol. The summed E-state index contributed by atoms with van der Waals surface area (Å²) in [6.45, 7) is 2.96. The number of ether oxygens (including phenoxy) is 2. The van der Waals surface area contributed by atoms with Gasteiger partial charge in [-0.25, -0.2) is 4.99 Å². The summed E-state index contributed by atoms with van der Waals surface area (Å²) in [6, 6.07) is 2.51. The zero-order chi connectivity index (χ0) is 10.2. The fraction of sp³-hybridized carbons (Fsp3) is 0.875. The van der Waals surface area contributed by atoms with Gasteiger partial charge in [0.15, 0.2) is 0 Å². The molecule has 84 valence electrons. The maximum atomic E-state index is 5.39. The SMILES string of the molecule is CCN=C=NC(CCN)(OC)OC.Cl. The van der Waals surface area contributed by atoms with E-state index in [9.17, 15) is 0 Å². The van der Waals surface area contributed by atoms with Crippen molar-refractivity contribution in [1.29, 1.82) is 0 Å². The summed E-state index contributed by atoms with van der Waals surface area (Å²) in [4.78, 5) is 7.75. The maximum Gasteiger partial charge on any atom is 0.279 e. The molecule has 0 aliphatic rings. The van der Waals surface area contributed by atoms with E-state index < -0.39 is 5.91 Å². The minimum absolute atomic E-state index is 0. The Morgan fingerprint density at radius 3 is 2.29 bits per heavy atom. The van der Waals surface area contributed by atoms with E-state index >= 15 is 0 Å². The predicted octanol–water partition coefficient (Wildman–Crippen LogP) is 0.897. The summed E-state index contributed by atoms with van der Waals surface area (Å²) in [7, 11) is 3.02. The highest BCUT2D eigenvalue weighted by Crippen LogP contribution is 2.15. The molecule has 0 spiro atoms. The fourth-order valence-electron chi connectivity index (χ4n) is 0.799. The summed E-state index contributed by atoms with van der Waals surface area (Å²) in [5.41, 5.74) is 5.39. The van der Waals surface area contributed by atoms with E-state index in [-0.39, 0.29) is 12.4 Å². The molecular formula is C8H18ClN3O2. The zero-order valence-electron chi connectivity index (χ0n) is 8.82. The average Bonchev–Trinajstić information content (AvgIpc) is 2.17. The Morgan fingerprint density at radius 1 is 1.36 bits per heavy atom. The first-order valence-electron chi connectivity index (χ1n) is 4.18. The van der Waals surface area contributed by atoms with Gasteiger partial charge in [0.05, 0.1) is 6.01 Å². The Bertz CT molecular complexity index is 189. The topological polar surface area (TPSA) is 69.2 Å². The van der Waals surface area contributed by atoms with Crippen molar-refractivity contribution < 1.29 is 9.47 Å². The quantitative estimate of drug-likeness (QED) is 0.537. The van der Waals surface area contributed by atoms with Crippen molar-refractivity contribution in [2.75, 3.05) is 27.3 Å². The minimum atomic E-state index is -1.02. The Hall–Kier alpha value is -0.450. The van der Waals surface area contributed by atoms with Gasteiger partial charge in [-0.2, -0.15) is 4.99 Å². The van der Waals surface area contributed by atoms with Crippen molar-refractivity contribution in [3.63, 3.8) is 0 Å². The lowest BCUT2D eigenvalue weighted by molar-refractivity contribution is -0.202. The van der Waals surface area contributed by atoms with Crippen molar-refractivity contribution >= 4 is 18.4 Å². The highest BCUT2D eigenvalue weighted by molar-refractivity contribution is 5.85. The van der Waals surface area contributed by atoms with Crippen molar-refractivity contribution in [2.45, 2.75) is 19.3 Å². The van der Waals surface area contributed by atoms with Crippen LogP contribution in [0.4, 0.5) is 0 Å². The highest BCUT2D eigenvalue weighted by atomic mass is 35.5. The molecule has 0 radical (unpaired) electrons. The summed E-state index contributed by atoms with van der Waals surface area (Å²) in [5, 5.41) is 0. The van der Waals surface area contributed by atoms with Crippen LogP contribution in [0.15, 0.2) is 9.98 Å². The Labute approximate surface area is 90.8 Å². The van der Waals surface area contributed by atoms with E-state index in [0.717, 1.165) is 0 Å². The van der Waals surface area contributed by atoms with Crippen LogP contribution >= 0.6 is 12.4 Å². The molecule has 0 fully saturated rings. The van der Waals surface area contributed by atoms with E-state index in [4.69, 9.17) is 15.2 Å². The Morgan fingerprint density at radius 2 is 1.93 bits per heavy atom. The van der Waals surface area contributed by atoms with Gasteiger partial charge in [0.2, 0.25) is 0 Å². The van der Waals surface area contributed by atoms with Gasteiger partial charge < -0.3 is 15.2 Å². The molecule has 0 aromatic carbocycles. The lowest BCUT2D eigenvalue weighted by Crippen LogP contribution is -2.33. The molecule has 6 heteroatoms. The van der Waals surface area contributed by atoms with Gasteiger partial charge in [0, 0.05) is 27.2 Å². The van der Waals surface area contributed by atoms with Crippen LogP contribution in [0.1, 0.15) is 13.3 Å². The molecule has 0 saturated carbocycles. The molecule has 14 heavy (non-hydrogen) atoms. The molecule has 0 atom stereocenters. The molecule has 0 heterocycles. The van der Waals surface area contributed by atoms with Crippen LogP contribution in [0, 0.1) is 0 Å². The number of nitrogens with zero attached hydrogens (tertiary/aromatic N) is 2. The molecule has 0 unspecified atom stereocenters. The van der Waals surface area contributed by atoms with Gasteiger partial charge in [-0.3, -0.25) is 0 Å². The summed E-state index contributed by atoms with van der Waals surface area (Å²) in [5.74, 6) is -1.02. The van der Waals surface area contributed by atoms with Gasteiger partial charge in [-0.1, -0.05) is 0 Å². The molecule has 0 aromatic rings. The molecule has 0 aliphatic carbocycles. The number of nitrogens with two attached hydrogens (primary N) is 1. The third-order valence-corrected chi connectivity index (χ3v) is 1.55. The molecule has 5 nitrogen and oxygen atoms in total. The monoisotopic (exact) mass is 223 g/mol. The third kappa shape index (κ3) is 5.32. The zero-order valence-corrected chi connectivity index (χ0v) is 9.63. The molecule has 2 N–H and O–H groups in total. The van der Waals surface area contributed by atoms with Crippen LogP contribution in [0.3, 0.4) is 0 Å². The second kappa shape index (κ2) is 9.12. The summed E-state index contributed by atoms with van der Waals surface area (Å²) in [6.07, 6.45) is 0.478. The van der Waals surface area contributed by atoms with Crippen LogP contribution in [-0.2, 0) is 9.47 Å².